The fourth-order valence-corrected chi connectivity index (χ4v) is 3.37. The molecule has 162 valence electrons. The Kier molecular flexibility index (Phi) is 6.59. The number of rotatable bonds is 7. The van der Waals surface area contributed by atoms with E-state index < -0.39 is 5.63 Å². The molecule has 1 N–H and O–H groups in total. The predicted molar refractivity (Wildman–Crippen MR) is 117 cm³/mol. The number of carbonyl (C=O) groups excluding carboxylic acids is 1. The maximum absolute atomic E-state index is 12.5. The van der Waals surface area contributed by atoms with Crippen molar-refractivity contribution in [3.8, 4) is 17.2 Å². The minimum absolute atomic E-state index is 0.0149. The standard InChI is InChI=1S/C23H24N2O6/c1-13-6-7-14(2)22-21(13)16(11-20(27)31-22)10-19(26)25-24-12-15-8-17(28-3)23(30-5)18(9-15)29-4/h6-9,11-12H,10H2,1-5H3,(H,25,26)/b24-12+. The Morgan fingerprint density at radius 3 is 2.29 bits per heavy atom. The quantitative estimate of drug-likeness (QED) is 0.355. The van der Waals surface area contributed by atoms with Gasteiger partial charge in [0, 0.05) is 17.0 Å². The summed E-state index contributed by atoms with van der Waals surface area (Å²) >= 11 is 0. The summed E-state index contributed by atoms with van der Waals surface area (Å²) in [6.45, 7) is 3.77. The van der Waals surface area contributed by atoms with Gasteiger partial charge in [-0.25, -0.2) is 10.2 Å². The van der Waals surface area contributed by atoms with Crippen molar-refractivity contribution in [1.29, 1.82) is 0 Å². The number of hydrazone groups is 1. The van der Waals surface area contributed by atoms with E-state index in [9.17, 15) is 9.59 Å². The topological polar surface area (TPSA) is 99.4 Å². The predicted octanol–water partition coefficient (Wildman–Crippen LogP) is 3.13. The summed E-state index contributed by atoms with van der Waals surface area (Å²) in [5.41, 5.74) is 5.48. The van der Waals surface area contributed by atoms with Crippen LogP contribution in [0.1, 0.15) is 22.3 Å². The van der Waals surface area contributed by atoms with Crippen LogP contribution in [0.25, 0.3) is 11.0 Å². The third kappa shape index (κ3) is 4.69. The zero-order chi connectivity index (χ0) is 22.5. The molecule has 0 saturated heterocycles. The van der Waals surface area contributed by atoms with Crippen molar-refractivity contribution in [2.24, 2.45) is 5.10 Å². The number of methoxy groups -OCH3 is 3. The smallest absolute Gasteiger partial charge is 0.336 e. The molecule has 8 heteroatoms. The summed E-state index contributed by atoms with van der Waals surface area (Å²) in [7, 11) is 4.56. The van der Waals surface area contributed by atoms with Gasteiger partial charge in [-0.1, -0.05) is 12.1 Å². The SMILES string of the molecule is COc1cc(/C=N/NC(=O)Cc2cc(=O)oc3c(C)ccc(C)c23)cc(OC)c1OC. The lowest BCUT2D eigenvalue weighted by Gasteiger charge is -2.12. The largest absolute Gasteiger partial charge is 0.493 e. The number of benzene rings is 2. The number of ether oxygens (including phenoxy) is 3. The lowest BCUT2D eigenvalue weighted by Crippen LogP contribution is -2.20. The Bertz CT molecular complexity index is 1190. The summed E-state index contributed by atoms with van der Waals surface area (Å²) in [5.74, 6) is 1.05. The molecule has 3 rings (SSSR count). The number of aryl methyl sites for hydroxylation is 2. The molecule has 0 unspecified atom stereocenters. The van der Waals surface area contributed by atoms with Crippen LogP contribution in [-0.2, 0) is 11.2 Å². The highest BCUT2D eigenvalue weighted by Gasteiger charge is 2.14. The van der Waals surface area contributed by atoms with Crippen LogP contribution in [0, 0.1) is 13.8 Å². The summed E-state index contributed by atoms with van der Waals surface area (Å²) in [5, 5.41) is 4.78. The lowest BCUT2D eigenvalue weighted by atomic mass is 10.00. The van der Waals surface area contributed by atoms with Crippen LogP contribution in [0.15, 0.2) is 44.6 Å². The van der Waals surface area contributed by atoms with Gasteiger partial charge in [0.05, 0.1) is 34.0 Å². The van der Waals surface area contributed by atoms with Gasteiger partial charge in [-0.05, 0) is 42.7 Å². The average molecular weight is 424 g/mol. The van der Waals surface area contributed by atoms with E-state index in [2.05, 4.69) is 10.5 Å². The van der Waals surface area contributed by atoms with Crippen LogP contribution in [0.3, 0.4) is 0 Å². The van der Waals surface area contributed by atoms with Crippen molar-refractivity contribution in [3.63, 3.8) is 0 Å². The second kappa shape index (κ2) is 9.34. The van der Waals surface area contributed by atoms with Crippen LogP contribution in [0.4, 0.5) is 0 Å². The average Bonchev–Trinajstić information content (AvgIpc) is 2.75. The van der Waals surface area contributed by atoms with Crippen molar-refractivity contribution in [1.82, 2.24) is 5.43 Å². The summed E-state index contributed by atoms with van der Waals surface area (Å²) in [4.78, 5) is 24.4. The summed E-state index contributed by atoms with van der Waals surface area (Å²) in [6, 6.07) is 8.57. The molecule has 0 aliphatic rings. The van der Waals surface area contributed by atoms with Crippen molar-refractivity contribution in [2.45, 2.75) is 20.3 Å². The number of nitrogens with zero attached hydrogens (tertiary/aromatic N) is 1. The van der Waals surface area contributed by atoms with Crippen molar-refractivity contribution in [3.05, 3.63) is 63.0 Å². The number of hydrogen-bond donors (Lipinski definition) is 1. The molecule has 0 fully saturated rings. The van der Waals surface area contributed by atoms with Crippen LogP contribution >= 0.6 is 0 Å². The first-order valence-electron chi connectivity index (χ1n) is 9.52. The van der Waals surface area contributed by atoms with E-state index in [1.807, 2.05) is 26.0 Å². The van der Waals surface area contributed by atoms with E-state index in [0.717, 1.165) is 16.5 Å². The van der Waals surface area contributed by atoms with E-state index in [0.29, 0.717) is 34.0 Å². The van der Waals surface area contributed by atoms with E-state index in [1.54, 1.807) is 12.1 Å². The Labute approximate surface area is 179 Å². The Morgan fingerprint density at radius 1 is 1.03 bits per heavy atom. The van der Waals surface area contributed by atoms with Crippen LogP contribution in [0.5, 0.6) is 17.2 Å². The molecule has 2 aromatic carbocycles. The maximum atomic E-state index is 12.5. The van der Waals surface area contributed by atoms with Gasteiger partial charge in [0.1, 0.15) is 5.58 Å². The van der Waals surface area contributed by atoms with Gasteiger partial charge in [-0.15, -0.1) is 0 Å². The van der Waals surface area contributed by atoms with Crippen LogP contribution in [-0.4, -0.2) is 33.5 Å². The van der Waals surface area contributed by atoms with Crippen molar-refractivity contribution in [2.75, 3.05) is 21.3 Å². The molecule has 0 saturated carbocycles. The highest BCUT2D eigenvalue weighted by atomic mass is 16.5. The minimum Gasteiger partial charge on any atom is -0.493 e. The van der Waals surface area contributed by atoms with Gasteiger partial charge >= 0.3 is 5.63 Å². The Balaban J connectivity index is 1.81. The summed E-state index contributed by atoms with van der Waals surface area (Å²) < 4.78 is 21.2. The molecule has 0 radical (unpaired) electrons. The third-order valence-corrected chi connectivity index (χ3v) is 4.82. The Morgan fingerprint density at radius 2 is 1.68 bits per heavy atom. The lowest BCUT2D eigenvalue weighted by molar-refractivity contribution is -0.120. The van der Waals surface area contributed by atoms with Crippen LogP contribution < -0.4 is 25.3 Å². The van der Waals surface area contributed by atoms with E-state index >= 15 is 0 Å². The molecule has 0 bridgehead atoms. The molecule has 1 amide bonds. The molecule has 1 heterocycles. The highest BCUT2D eigenvalue weighted by Crippen LogP contribution is 2.37. The van der Waals surface area contributed by atoms with Gasteiger partial charge in [0.25, 0.3) is 0 Å². The molecule has 0 aliphatic carbocycles. The molecule has 0 atom stereocenters. The molecule has 31 heavy (non-hydrogen) atoms. The Hall–Kier alpha value is -3.81. The number of fused-ring (bicyclic) bond motifs is 1. The number of carbonyl (C=O) groups is 1. The van der Waals surface area contributed by atoms with E-state index in [-0.39, 0.29) is 12.3 Å². The molecule has 0 aliphatic heterocycles. The zero-order valence-corrected chi connectivity index (χ0v) is 18.1. The second-order valence-electron chi connectivity index (χ2n) is 6.92. The fourth-order valence-electron chi connectivity index (χ4n) is 3.37. The monoisotopic (exact) mass is 424 g/mol. The second-order valence-corrected chi connectivity index (χ2v) is 6.92. The van der Waals surface area contributed by atoms with Crippen LogP contribution in [0.2, 0.25) is 0 Å². The maximum Gasteiger partial charge on any atom is 0.336 e. The molecular formula is C23H24N2O6. The first-order valence-corrected chi connectivity index (χ1v) is 9.52. The van der Waals surface area contributed by atoms with Gasteiger partial charge in [0.15, 0.2) is 11.5 Å². The van der Waals surface area contributed by atoms with Crippen molar-refractivity contribution >= 4 is 23.1 Å². The molecule has 1 aromatic heterocycles. The number of nitrogens with one attached hydrogen (secondary N) is 1. The van der Waals surface area contributed by atoms with Gasteiger partial charge in [-0.3, -0.25) is 4.79 Å². The minimum atomic E-state index is -0.495. The van der Waals surface area contributed by atoms with E-state index in [4.69, 9.17) is 18.6 Å². The van der Waals surface area contributed by atoms with Gasteiger partial charge < -0.3 is 18.6 Å². The molecule has 0 spiro atoms. The first kappa shape index (κ1) is 21.9. The first-order chi connectivity index (χ1) is 14.9. The van der Waals surface area contributed by atoms with Gasteiger partial charge in [-0.2, -0.15) is 5.10 Å². The molecular weight excluding hydrogens is 400 g/mol. The number of amides is 1. The normalized spacial score (nSPS) is 11.0. The number of hydrogen-bond acceptors (Lipinski definition) is 7. The molecule has 8 nitrogen and oxygen atoms in total. The summed E-state index contributed by atoms with van der Waals surface area (Å²) in [6.07, 6.45) is 1.45. The highest BCUT2D eigenvalue weighted by molar-refractivity contribution is 5.91. The zero-order valence-electron chi connectivity index (χ0n) is 18.1. The molecule has 3 aromatic rings. The fraction of sp³-hybridized carbons (Fsp3) is 0.261. The van der Waals surface area contributed by atoms with Gasteiger partial charge in [0.2, 0.25) is 11.7 Å². The van der Waals surface area contributed by atoms with Crippen molar-refractivity contribution < 1.29 is 23.4 Å². The van der Waals surface area contributed by atoms with E-state index in [1.165, 1.54) is 33.6 Å². The third-order valence-electron chi connectivity index (χ3n) is 4.82.